The first kappa shape index (κ1) is 8.47. The normalized spacial score (nSPS) is 9.58. The lowest BCUT2D eigenvalue weighted by molar-refractivity contribution is -0.0407. The van der Waals surface area contributed by atoms with Gasteiger partial charge in [0.05, 0.1) is 0 Å². The molecule has 0 aliphatic heterocycles. The van der Waals surface area contributed by atoms with Crippen molar-refractivity contribution in [1.82, 2.24) is 15.2 Å². The SMILES string of the molecule is CNc1noc(C(=O)N(C)O)n1. The number of hydrogen-bond donors (Lipinski definition) is 2. The van der Waals surface area contributed by atoms with E-state index in [0.717, 1.165) is 0 Å². The van der Waals surface area contributed by atoms with Crippen LogP contribution in [0.3, 0.4) is 0 Å². The number of aromatic nitrogens is 2. The number of carbonyl (C=O) groups is 1. The third kappa shape index (κ3) is 1.51. The molecule has 1 rings (SSSR count). The van der Waals surface area contributed by atoms with Crippen LogP contribution in [0.5, 0.6) is 0 Å². The van der Waals surface area contributed by atoms with Crippen LogP contribution in [0.1, 0.15) is 10.7 Å². The second kappa shape index (κ2) is 3.18. The van der Waals surface area contributed by atoms with Gasteiger partial charge in [0.1, 0.15) is 0 Å². The van der Waals surface area contributed by atoms with Crippen molar-refractivity contribution in [3.63, 3.8) is 0 Å². The van der Waals surface area contributed by atoms with Gasteiger partial charge in [0.15, 0.2) is 0 Å². The molecule has 1 heterocycles. The van der Waals surface area contributed by atoms with E-state index in [1.54, 1.807) is 7.05 Å². The van der Waals surface area contributed by atoms with Crippen LogP contribution < -0.4 is 5.32 Å². The van der Waals surface area contributed by atoms with Gasteiger partial charge in [-0.3, -0.25) is 10.0 Å². The van der Waals surface area contributed by atoms with Gasteiger partial charge in [0.25, 0.3) is 5.95 Å². The van der Waals surface area contributed by atoms with Crippen molar-refractivity contribution in [2.45, 2.75) is 0 Å². The van der Waals surface area contributed by atoms with E-state index in [4.69, 9.17) is 5.21 Å². The van der Waals surface area contributed by atoms with E-state index in [-0.39, 0.29) is 11.8 Å². The minimum Gasteiger partial charge on any atom is -0.355 e. The number of anilines is 1. The lowest BCUT2D eigenvalue weighted by atomic mass is 10.6. The van der Waals surface area contributed by atoms with E-state index >= 15 is 0 Å². The molecular formula is C5H8N4O3. The number of rotatable bonds is 2. The van der Waals surface area contributed by atoms with Crippen LogP contribution >= 0.6 is 0 Å². The average molecular weight is 172 g/mol. The van der Waals surface area contributed by atoms with E-state index in [1.807, 2.05) is 0 Å². The molecule has 0 spiro atoms. The molecule has 66 valence electrons. The molecule has 0 aromatic carbocycles. The van der Waals surface area contributed by atoms with E-state index in [9.17, 15) is 4.79 Å². The summed E-state index contributed by atoms with van der Waals surface area (Å²) >= 11 is 0. The molecule has 1 aromatic rings. The summed E-state index contributed by atoms with van der Waals surface area (Å²) in [6.07, 6.45) is 0. The Morgan fingerprint density at radius 3 is 2.83 bits per heavy atom. The third-order valence-electron chi connectivity index (χ3n) is 1.13. The summed E-state index contributed by atoms with van der Waals surface area (Å²) in [6, 6.07) is 0. The van der Waals surface area contributed by atoms with E-state index in [1.165, 1.54) is 7.05 Å². The van der Waals surface area contributed by atoms with Gasteiger partial charge in [-0.25, -0.2) is 5.06 Å². The highest BCUT2D eigenvalue weighted by atomic mass is 16.5. The van der Waals surface area contributed by atoms with Crippen molar-refractivity contribution in [3.05, 3.63) is 5.89 Å². The molecular weight excluding hydrogens is 164 g/mol. The van der Waals surface area contributed by atoms with Crippen LogP contribution in [0.15, 0.2) is 4.52 Å². The average Bonchev–Trinajstić information content (AvgIpc) is 2.50. The highest BCUT2D eigenvalue weighted by molar-refractivity contribution is 5.88. The largest absolute Gasteiger partial charge is 0.355 e. The summed E-state index contributed by atoms with van der Waals surface area (Å²) in [5.74, 6) is -0.812. The summed E-state index contributed by atoms with van der Waals surface area (Å²) in [5.41, 5.74) is 0. The molecule has 0 saturated heterocycles. The number of nitrogens with zero attached hydrogens (tertiary/aromatic N) is 3. The first-order chi connectivity index (χ1) is 5.65. The number of nitrogens with one attached hydrogen (secondary N) is 1. The van der Waals surface area contributed by atoms with Crippen molar-refractivity contribution in [3.8, 4) is 0 Å². The molecule has 1 amide bonds. The van der Waals surface area contributed by atoms with Crippen LogP contribution in [-0.2, 0) is 0 Å². The first-order valence-electron chi connectivity index (χ1n) is 3.13. The van der Waals surface area contributed by atoms with Crippen LogP contribution in [0.2, 0.25) is 0 Å². The summed E-state index contributed by atoms with van der Waals surface area (Å²) in [4.78, 5) is 14.5. The Bertz CT molecular complexity index is 282. The van der Waals surface area contributed by atoms with Gasteiger partial charge in [-0.15, -0.1) is 0 Å². The zero-order valence-corrected chi connectivity index (χ0v) is 6.61. The molecule has 7 heteroatoms. The van der Waals surface area contributed by atoms with Gasteiger partial charge in [0, 0.05) is 14.1 Å². The predicted octanol–water partition coefficient (Wildman–Crippen LogP) is -0.428. The van der Waals surface area contributed by atoms with Gasteiger partial charge in [-0.1, -0.05) is 0 Å². The van der Waals surface area contributed by atoms with Gasteiger partial charge in [0.2, 0.25) is 0 Å². The molecule has 0 radical (unpaired) electrons. The Morgan fingerprint density at radius 2 is 2.42 bits per heavy atom. The predicted molar refractivity (Wildman–Crippen MR) is 37.7 cm³/mol. The van der Waals surface area contributed by atoms with Crippen molar-refractivity contribution >= 4 is 11.9 Å². The Morgan fingerprint density at radius 1 is 1.75 bits per heavy atom. The van der Waals surface area contributed by atoms with Crippen LogP contribution in [0.25, 0.3) is 0 Å². The van der Waals surface area contributed by atoms with Crippen LogP contribution in [-0.4, -0.2) is 40.4 Å². The first-order valence-corrected chi connectivity index (χ1v) is 3.13. The zero-order chi connectivity index (χ0) is 9.14. The molecule has 0 atom stereocenters. The lowest BCUT2D eigenvalue weighted by Gasteiger charge is -2.01. The second-order valence-corrected chi connectivity index (χ2v) is 2.00. The third-order valence-corrected chi connectivity index (χ3v) is 1.13. The molecule has 0 bridgehead atoms. The summed E-state index contributed by atoms with van der Waals surface area (Å²) in [7, 11) is 2.76. The molecule has 1 aromatic heterocycles. The van der Waals surface area contributed by atoms with Crippen molar-refractivity contribution in [1.29, 1.82) is 0 Å². The van der Waals surface area contributed by atoms with E-state index < -0.39 is 5.91 Å². The Balaban J connectivity index is 2.82. The molecule has 7 nitrogen and oxygen atoms in total. The van der Waals surface area contributed by atoms with Gasteiger partial charge < -0.3 is 9.84 Å². The van der Waals surface area contributed by atoms with Gasteiger partial charge >= 0.3 is 11.8 Å². The van der Waals surface area contributed by atoms with Crippen LogP contribution in [0.4, 0.5) is 5.95 Å². The number of hydroxylamine groups is 2. The Labute approximate surface area is 67.9 Å². The number of carbonyl (C=O) groups excluding carboxylic acids is 1. The maximum atomic E-state index is 10.9. The second-order valence-electron chi connectivity index (χ2n) is 2.00. The van der Waals surface area contributed by atoms with E-state index in [0.29, 0.717) is 5.06 Å². The Hall–Kier alpha value is -1.63. The van der Waals surface area contributed by atoms with Crippen molar-refractivity contribution in [2.24, 2.45) is 0 Å². The summed E-state index contributed by atoms with van der Waals surface area (Å²) in [6.45, 7) is 0. The molecule has 2 N–H and O–H groups in total. The summed E-state index contributed by atoms with van der Waals surface area (Å²) < 4.78 is 4.50. The molecule has 0 aliphatic carbocycles. The standard InChI is InChI=1S/C5H8N4O3/c1-6-5-7-3(12-8-5)4(10)9(2)11/h11H,1-2H3,(H,6,8). The fraction of sp³-hybridized carbons (Fsp3) is 0.400. The van der Waals surface area contributed by atoms with Crippen molar-refractivity contribution < 1.29 is 14.5 Å². The molecule has 0 unspecified atom stereocenters. The highest BCUT2D eigenvalue weighted by Gasteiger charge is 2.17. The maximum absolute atomic E-state index is 10.9. The smallest absolute Gasteiger partial charge is 0.335 e. The van der Waals surface area contributed by atoms with Crippen molar-refractivity contribution in [2.75, 3.05) is 19.4 Å². The molecule has 0 saturated carbocycles. The number of amides is 1. The van der Waals surface area contributed by atoms with E-state index in [2.05, 4.69) is 20.0 Å². The quantitative estimate of drug-likeness (QED) is 0.464. The number of hydrogen-bond acceptors (Lipinski definition) is 6. The lowest BCUT2D eigenvalue weighted by Crippen LogP contribution is -2.22. The van der Waals surface area contributed by atoms with Gasteiger partial charge in [-0.2, -0.15) is 4.98 Å². The fourth-order valence-electron chi connectivity index (χ4n) is 0.550. The topological polar surface area (TPSA) is 91.5 Å². The molecule has 0 fully saturated rings. The zero-order valence-electron chi connectivity index (χ0n) is 6.61. The maximum Gasteiger partial charge on any atom is 0.335 e. The summed E-state index contributed by atoms with van der Waals surface area (Å²) in [5, 5.41) is 15.0. The fourth-order valence-corrected chi connectivity index (χ4v) is 0.550. The monoisotopic (exact) mass is 172 g/mol. The molecule has 0 aliphatic rings. The highest BCUT2D eigenvalue weighted by Crippen LogP contribution is 2.02. The molecule has 12 heavy (non-hydrogen) atoms. The minimum atomic E-state index is -0.746. The van der Waals surface area contributed by atoms with Crippen LogP contribution in [0, 0.1) is 0 Å². The minimum absolute atomic E-state index is 0.195. The Kier molecular flexibility index (Phi) is 2.24. The van der Waals surface area contributed by atoms with Gasteiger partial charge in [-0.05, 0) is 5.16 Å².